The van der Waals surface area contributed by atoms with Gasteiger partial charge < -0.3 is 15.7 Å². The number of nitrogens with one attached hydrogen (secondary N) is 2. The Hall–Kier alpha value is -3.26. The number of aliphatic hydroxyl groups excluding tert-OH is 1. The first-order valence-corrected chi connectivity index (χ1v) is 10.3. The minimum atomic E-state index is -0.533. The predicted octanol–water partition coefficient (Wildman–Crippen LogP) is 3.28. The molecule has 3 aromatic rings. The summed E-state index contributed by atoms with van der Waals surface area (Å²) < 4.78 is 16.2. The van der Waals surface area contributed by atoms with Crippen LogP contribution >= 0.6 is 0 Å². The molecule has 4 rings (SSSR count). The van der Waals surface area contributed by atoms with Crippen molar-refractivity contribution in [2.75, 3.05) is 11.9 Å². The second-order valence-electron chi connectivity index (χ2n) is 8.15. The van der Waals surface area contributed by atoms with Gasteiger partial charge in [-0.25, -0.2) is 9.37 Å². The van der Waals surface area contributed by atoms with E-state index in [4.69, 9.17) is 0 Å². The van der Waals surface area contributed by atoms with E-state index >= 15 is 0 Å². The first-order chi connectivity index (χ1) is 14.9. The summed E-state index contributed by atoms with van der Waals surface area (Å²) in [5.74, 6) is -0.309. The zero-order valence-electron chi connectivity index (χ0n) is 17.8. The average molecular weight is 423 g/mol. The van der Waals surface area contributed by atoms with Gasteiger partial charge in [-0.3, -0.25) is 9.48 Å². The Morgan fingerprint density at radius 3 is 2.68 bits per heavy atom. The van der Waals surface area contributed by atoms with E-state index in [0.717, 1.165) is 35.1 Å². The fourth-order valence-electron chi connectivity index (χ4n) is 3.44. The Balaban J connectivity index is 1.77. The van der Waals surface area contributed by atoms with Gasteiger partial charge >= 0.3 is 0 Å². The van der Waals surface area contributed by atoms with Crippen molar-refractivity contribution in [2.24, 2.45) is 7.05 Å². The number of carbonyl (C=O) groups is 1. The van der Waals surface area contributed by atoms with Gasteiger partial charge in [0.05, 0.1) is 18.4 Å². The number of aryl methyl sites for hydroxylation is 2. The first kappa shape index (κ1) is 21.0. The quantitative estimate of drug-likeness (QED) is 0.542. The number of anilines is 1. The van der Waals surface area contributed by atoms with Crippen LogP contribution in [0.25, 0.3) is 22.3 Å². The molecule has 162 valence electrons. The normalized spacial score (nSPS) is 14.4. The van der Waals surface area contributed by atoms with E-state index in [-0.39, 0.29) is 24.3 Å². The van der Waals surface area contributed by atoms with E-state index in [9.17, 15) is 14.3 Å². The highest BCUT2D eigenvalue weighted by molar-refractivity contribution is 5.96. The number of rotatable bonds is 7. The van der Waals surface area contributed by atoms with Crippen molar-refractivity contribution < 1.29 is 14.3 Å². The van der Waals surface area contributed by atoms with E-state index in [0.29, 0.717) is 11.4 Å². The monoisotopic (exact) mass is 423 g/mol. The van der Waals surface area contributed by atoms with Gasteiger partial charge in [0.2, 0.25) is 0 Å². The average Bonchev–Trinajstić information content (AvgIpc) is 3.45. The summed E-state index contributed by atoms with van der Waals surface area (Å²) in [6.45, 7) is 3.63. The molecule has 0 aliphatic heterocycles. The molecule has 1 amide bonds. The van der Waals surface area contributed by atoms with E-state index in [2.05, 4.69) is 20.7 Å². The summed E-state index contributed by atoms with van der Waals surface area (Å²) >= 11 is 0. The van der Waals surface area contributed by atoms with Crippen molar-refractivity contribution in [3.8, 4) is 22.3 Å². The van der Waals surface area contributed by atoms with Gasteiger partial charge in [0.15, 0.2) is 0 Å². The van der Waals surface area contributed by atoms with Crippen LogP contribution in [0.2, 0.25) is 0 Å². The van der Waals surface area contributed by atoms with E-state index in [1.54, 1.807) is 23.1 Å². The first-order valence-electron chi connectivity index (χ1n) is 10.3. The van der Waals surface area contributed by atoms with Crippen LogP contribution < -0.4 is 10.6 Å². The molecule has 1 fully saturated rings. The van der Waals surface area contributed by atoms with E-state index in [1.165, 1.54) is 6.07 Å². The Bertz CT molecular complexity index is 1120. The lowest BCUT2D eigenvalue weighted by Gasteiger charge is -2.17. The Morgan fingerprint density at radius 1 is 1.26 bits per heavy atom. The summed E-state index contributed by atoms with van der Waals surface area (Å²) in [5.41, 5.74) is 3.91. The molecule has 8 heteroatoms. The Labute approximate surface area is 180 Å². The summed E-state index contributed by atoms with van der Waals surface area (Å²) in [7, 11) is 1.83. The largest absolute Gasteiger partial charge is 0.394 e. The zero-order valence-corrected chi connectivity index (χ0v) is 17.8. The third kappa shape index (κ3) is 4.59. The number of aromatic nitrogens is 3. The smallest absolute Gasteiger partial charge is 0.254 e. The Kier molecular flexibility index (Phi) is 5.73. The maximum atomic E-state index is 14.5. The highest BCUT2D eigenvalue weighted by atomic mass is 19.1. The molecule has 1 aliphatic rings. The van der Waals surface area contributed by atoms with Crippen molar-refractivity contribution in [3.63, 3.8) is 0 Å². The third-order valence-corrected chi connectivity index (χ3v) is 5.34. The number of amides is 1. The molecule has 1 unspecified atom stereocenters. The maximum Gasteiger partial charge on any atom is 0.254 e. The van der Waals surface area contributed by atoms with Crippen LogP contribution in [0.5, 0.6) is 0 Å². The van der Waals surface area contributed by atoms with Crippen molar-refractivity contribution >= 4 is 11.7 Å². The molecular weight excluding hydrogens is 397 g/mol. The molecule has 0 radical (unpaired) electrons. The second kappa shape index (κ2) is 8.47. The van der Waals surface area contributed by atoms with Gasteiger partial charge in [-0.05, 0) is 56.0 Å². The summed E-state index contributed by atoms with van der Waals surface area (Å²) in [6.07, 6.45) is 7.18. The summed E-state index contributed by atoms with van der Waals surface area (Å²) in [5, 5.41) is 19.7. The van der Waals surface area contributed by atoms with Crippen LogP contribution in [-0.2, 0) is 7.05 Å². The molecule has 31 heavy (non-hydrogen) atoms. The van der Waals surface area contributed by atoms with Crippen LogP contribution in [0.15, 0.2) is 36.8 Å². The highest BCUT2D eigenvalue weighted by Gasteiger charge is 2.26. The summed E-state index contributed by atoms with van der Waals surface area (Å²) in [6, 6.07) is 4.89. The number of benzene rings is 1. The summed E-state index contributed by atoms with van der Waals surface area (Å²) in [4.78, 5) is 17.1. The molecule has 1 saturated carbocycles. The van der Waals surface area contributed by atoms with Crippen LogP contribution in [0.3, 0.4) is 0 Å². The molecule has 1 atom stereocenters. The minimum absolute atomic E-state index is 0.0338. The van der Waals surface area contributed by atoms with E-state index in [1.807, 2.05) is 33.2 Å². The lowest BCUT2D eigenvalue weighted by molar-refractivity contribution is 0.0947. The molecule has 7 nitrogen and oxygen atoms in total. The predicted molar refractivity (Wildman–Crippen MR) is 117 cm³/mol. The van der Waals surface area contributed by atoms with Crippen molar-refractivity contribution in [3.05, 3.63) is 53.7 Å². The van der Waals surface area contributed by atoms with Crippen LogP contribution in [-0.4, -0.2) is 44.5 Å². The van der Waals surface area contributed by atoms with Gasteiger partial charge in [0.1, 0.15) is 11.6 Å². The van der Waals surface area contributed by atoms with Gasteiger partial charge in [-0.2, -0.15) is 5.10 Å². The minimum Gasteiger partial charge on any atom is -0.394 e. The molecule has 0 bridgehead atoms. The lowest BCUT2D eigenvalue weighted by Crippen LogP contribution is -2.26. The van der Waals surface area contributed by atoms with Crippen molar-refractivity contribution in [2.45, 2.75) is 38.8 Å². The zero-order chi connectivity index (χ0) is 22.1. The van der Waals surface area contributed by atoms with Gasteiger partial charge in [-0.15, -0.1) is 0 Å². The molecule has 0 saturated heterocycles. The number of nitrogens with zero attached hydrogens (tertiary/aromatic N) is 3. The number of hydrogen-bond acceptors (Lipinski definition) is 5. The Morgan fingerprint density at radius 2 is 2.03 bits per heavy atom. The topological polar surface area (TPSA) is 92.1 Å². The molecule has 2 aromatic heterocycles. The van der Waals surface area contributed by atoms with Gasteiger partial charge in [0, 0.05) is 48.2 Å². The SMILES string of the molecule is Cc1cc(F)c(C(=O)NC2CC2)cc1-c1cnc(NC(C)CO)c(-c2cnn(C)c2)c1. The fraction of sp³-hybridized carbons (Fsp3) is 0.348. The number of halogens is 1. The van der Waals surface area contributed by atoms with Crippen molar-refractivity contribution in [1.29, 1.82) is 0 Å². The highest BCUT2D eigenvalue weighted by Crippen LogP contribution is 2.33. The van der Waals surface area contributed by atoms with Crippen molar-refractivity contribution in [1.82, 2.24) is 20.1 Å². The third-order valence-electron chi connectivity index (χ3n) is 5.34. The lowest BCUT2D eigenvalue weighted by atomic mass is 9.96. The number of aliphatic hydroxyl groups is 1. The van der Waals surface area contributed by atoms with Crippen LogP contribution in [0.4, 0.5) is 10.2 Å². The van der Waals surface area contributed by atoms with Gasteiger partial charge in [0.25, 0.3) is 5.91 Å². The maximum absolute atomic E-state index is 14.5. The number of hydrogen-bond donors (Lipinski definition) is 3. The van der Waals surface area contributed by atoms with E-state index < -0.39 is 11.7 Å². The molecule has 0 spiro atoms. The molecule has 1 aromatic carbocycles. The van der Waals surface area contributed by atoms with Crippen LogP contribution in [0, 0.1) is 12.7 Å². The van der Waals surface area contributed by atoms with Crippen LogP contribution in [0.1, 0.15) is 35.7 Å². The fourth-order valence-corrected chi connectivity index (χ4v) is 3.44. The van der Waals surface area contributed by atoms with Gasteiger partial charge in [-0.1, -0.05) is 0 Å². The molecule has 2 heterocycles. The standard InChI is InChI=1S/C23H26FN5O2/c1-13-6-21(24)20(23(31)28-17-4-5-17)8-18(13)15-7-19(16-10-26-29(3)11-16)22(25-9-15)27-14(2)12-30/h6-11,14,17,30H,4-5,12H2,1-3H3,(H,25,27)(H,28,31). The number of pyridine rings is 1. The second-order valence-corrected chi connectivity index (χ2v) is 8.15. The molecular formula is C23H26FN5O2. The number of carbonyl (C=O) groups excluding carboxylic acids is 1. The molecule has 3 N–H and O–H groups in total. The molecule has 1 aliphatic carbocycles.